The molecular formula is C11H15N3. The molecular weight excluding hydrogens is 174 g/mol. The largest absolute Gasteiger partial charge is 0.261 e. The van der Waals surface area contributed by atoms with Crippen LogP contribution in [0.4, 0.5) is 0 Å². The van der Waals surface area contributed by atoms with Crippen LogP contribution in [0, 0.1) is 0 Å². The number of nitrogens with one attached hydrogen (secondary N) is 1. The number of H-pyrrole nitrogens is 1. The van der Waals surface area contributed by atoms with Crippen LogP contribution in [0.15, 0.2) is 12.1 Å². The molecule has 0 saturated heterocycles. The molecule has 2 aromatic heterocycles. The van der Waals surface area contributed by atoms with Gasteiger partial charge in [-0.15, -0.1) is 0 Å². The quantitative estimate of drug-likeness (QED) is 0.789. The van der Waals surface area contributed by atoms with Crippen molar-refractivity contribution >= 4 is 11.0 Å². The number of pyridine rings is 1. The Hall–Kier alpha value is -1.38. The normalized spacial score (nSPS) is 11.4. The summed E-state index contributed by atoms with van der Waals surface area (Å²) in [6.45, 7) is 6.39. The average molecular weight is 189 g/mol. The summed E-state index contributed by atoms with van der Waals surface area (Å²) in [5.74, 6) is 0.443. The summed E-state index contributed by atoms with van der Waals surface area (Å²) in [5, 5.41) is 8.42. The van der Waals surface area contributed by atoms with Crippen LogP contribution in [-0.4, -0.2) is 15.2 Å². The monoisotopic (exact) mass is 189 g/mol. The third kappa shape index (κ3) is 1.39. The summed E-state index contributed by atoms with van der Waals surface area (Å²) in [5.41, 5.74) is 3.12. The molecule has 2 heterocycles. The van der Waals surface area contributed by atoms with Crippen LogP contribution in [-0.2, 0) is 6.42 Å². The van der Waals surface area contributed by atoms with Crippen LogP contribution in [0.25, 0.3) is 11.0 Å². The predicted molar refractivity (Wildman–Crippen MR) is 57.4 cm³/mol. The molecule has 0 amide bonds. The summed E-state index contributed by atoms with van der Waals surface area (Å²) < 4.78 is 0. The Kier molecular flexibility index (Phi) is 2.23. The molecule has 0 aromatic carbocycles. The molecule has 3 heteroatoms. The topological polar surface area (TPSA) is 41.6 Å². The first kappa shape index (κ1) is 9.19. The van der Waals surface area contributed by atoms with Crippen LogP contribution in [0.2, 0.25) is 0 Å². The number of rotatable bonds is 2. The smallest absolute Gasteiger partial charge is 0.155 e. The van der Waals surface area contributed by atoms with Gasteiger partial charge in [0.05, 0.1) is 5.69 Å². The molecule has 0 spiro atoms. The Bertz CT molecular complexity index is 443. The number of hydrogen-bond acceptors (Lipinski definition) is 2. The van der Waals surface area contributed by atoms with Crippen LogP contribution in [0.5, 0.6) is 0 Å². The lowest BCUT2D eigenvalue weighted by Crippen LogP contribution is -1.89. The van der Waals surface area contributed by atoms with Crippen molar-refractivity contribution < 1.29 is 0 Å². The lowest BCUT2D eigenvalue weighted by atomic mass is 10.1. The van der Waals surface area contributed by atoms with Gasteiger partial charge in [0.1, 0.15) is 0 Å². The molecule has 0 fully saturated rings. The lowest BCUT2D eigenvalue weighted by Gasteiger charge is -2.00. The van der Waals surface area contributed by atoms with Gasteiger partial charge in [0, 0.05) is 11.1 Å². The predicted octanol–water partition coefficient (Wildman–Crippen LogP) is 2.64. The summed E-state index contributed by atoms with van der Waals surface area (Å²) in [4.78, 5) is 4.48. The van der Waals surface area contributed by atoms with Crippen molar-refractivity contribution in [2.24, 2.45) is 0 Å². The van der Waals surface area contributed by atoms with Gasteiger partial charge in [-0.25, -0.2) is 4.98 Å². The summed E-state index contributed by atoms with van der Waals surface area (Å²) >= 11 is 0. The van der Waals surface area contributed by atoms with Gasteiger partial charge >= 0.3 is 0 Å². The third-order valence-corrected chi connectivity index (χ3v) is 2.42. The Morgan fingerprint density at radius 3 is 2.79 bits per heavy atom. The summed E-state index contributed by atoms with van der Waals surface area (Å²) in [7, 11) is 0. The van der Waals surface area contributed by atoms with E-state index >= 15 is 0 Å². The van der Waals surface area contributed by atoms with Crippen molar-refractivity contribution in [3.8, 4) is 0 Å². The van der Waals surface area contributed by atoms with Crippen molar-refractivity contribution in [2.45, 2.75) is 33.1 Å². The van der Waals surface area contributed by atoms with E-state index in [9.17, 15) is 0 Å². The molecule has 0 unspecified atom stereocenters. The van der Waals surface area contributed by atoms with E-state index < -0.39 is 0 Å². The molecule has 0 aliphatic rings. The zero-order valence-corrected chi connectivity index (χ0v) is 8.83. The maximum Gasteiger partial charge on any atom is 0.155 e. The van der Waals surface area contributed by atoms with E-state index in [-0.39, 0.29) is 0 Å². The second-order valence-electron chi connectivity index (χ2n) is 3.82. The number of nitrogens with zero attached hydrogens (tertiary/aromatic N) is 2. The Morgan fingerprint density at radius 1 is 1.36 bits per heavy atom. The van der Waals surface area contributed by atoms with E-state index in [1.807, 2.05) is 0 Å². The van der Waals surface area contributed by atoms with Gasteiger partial charge in [0.2, 0.25) is 0 Å². The number of aromatic nitrogens is 3. The van der Waals surface area contributed by atoms with E-state index in [0.717, 1.165) is 28.8 Å². The second-order valence-corrected chi connectivity index (χ2v) is 3.82. The van der Waals surface area contributed by atoms with Gasteiger partial charge in [-0.2, -0.15) is 5.10 Å². The molecule has 74 valence electrons. The number of aryl methyl sites for hydroxylation is 1. The zero-order valence-electron chi connectivity index (χ0n) is 8.83. The van der Waals surface area contributed by atoms with Gasteiger partial charge in [0.25, 0.3) is 0 Å². The van der Waals surface area contributed by atoms with Crippen LogP contribution in [0.1, 0.15) is 38.1 Å². The molecule has 2 rings (SSSR count). The number of hydrogen-bond donors (Lipinski definition) is 1. The fourth-order valence-electron chi connectivity index (χ4n) is 1.60. The van der Waals surface area contributed by atoms with Gasteiger partial charge in [-0.05, 0) is 24.5 Å². The third-order valence-electron chi connectivity index (χ3n) is 2.42. The highest BCUT2D eigenvalue weighted by Gasteiger charge is 2.09. The van der Waals surface area contributed by atoms with Gasteiger partial charge in [-0.3, -0.25) is 5.10 Å². The summed E-state index contributed by atoms with van der Waals surface area (Å²) in [6.07, 6.45) is 0.964. The first-order chi connectivity index (χ1) is 6.72. The van der Waals surface area contributed by atoms with Crippen molar-refractivity contribution in [2.75, 3.05) is 0 Å². The zero-order chi connectivity index (χ0) is 10.1. The maximum absolute atomic E-state index is 4.48. The van der Waals surface area contributed by atoms with E-state index in [0.29, 0.717) is 5.92 Å². The average Bonchev–Trinajstić information content (AvgIpc) is 2.59. The van der Waals surface area contributed by atoms with E-state index in [1.54, 1.807) is 0 Å². The lowest BCUT2D eigenvalue weighted by molar-refractivity contribution is 0.817. The highest BCUT2D eigenvalue weighted by molar-refractivity contribution is 5.78. The fourth-order valence-corrected chi connectivity index (χ4v) is 1.60. The molecule has 1 N–H and O–H groups in total. The Morgan fingerprint density at radius 2 is 2.14 bits per heavy atom. The van der Waals surface area contributed by atoms with Gasteiger partial charge < -0.3 is 0 Å². The van der Waals surface area contributed by atoms with E-state index in [2.05, 4.69) is 48.1 Å². The molecule has 0 radical (unpaired) electrons. The minimum atomic E-state index is 0.443. The molecule has 0 saturated carbocycles. The highest BCUT2D eigenvalue weighted by atomic mass is 15.1. The van der Waals surface area contributed by atoms with E-state index in [4.69, 9.17) is 0 Å². The molecule has 14 heavy (non-hydrogen) atoms. The fraction of sp³-hybridized carbons (Fsp3) is 0.455. The van der Waals surface area contributed by atoms with Crippen molar-refractivity contribution in [3.05, 3.63) is 23.5 Å². The Labute approximate surface area is 83.6 Å². The second kappa shape index (κ2) is 3.40. The molecule has 0 bridgehead atoms. The van der Waals surface area contributed by atoms with Crippen LogP contribution >= 0.6 is 0 Å². The number of fused-ring (bicyclic) bond motifs is 1. The first-order valence-corrected chi connectivity index (χ1v) is 5.06. The van der Waals surface area contributed by atoms with Crippen LogP contribution in [0.3, 0.4) is 0 Å². The molecule has 0 atom stereocenters. The van der Waals surface area contributed by atoms with Crippen molar-refractivity contribution in [1.82, 2.24) is 15.2 Å². The first-order valence-electron chi connectivity index (χ1n) is 5.06. The summed E-state index contributed by atoms with van der Waals surface area (Å²) in [6, 6.07) is 4.18. The van der Waals surface area contributed by atoms with Crippen molar-refractivity contribution in [3.63, 3.8) is 0 Å². The SMILES string of the molecule is CCc1ccc2c(C(C)C)n[nH]c2n1. The molecule has 3 nitrogen and oxygen atoms in total. The van der Waals surface area contributed by atoms with E-state index in [1.165, 1.54) is 0 Å². The minimum Gasteiger partial charge on any atom is -0.261 e. The maximum atomic E-state index is 4.48. The molecule has 0 aliphatic carbocycles. The molecule has 0 aliphatic heterocycles. The highest BCUT2D eigenvalue weighted by Crippen LogP contribution is 2.21. The standard InChI is InChI=1S/C11H15N3/c1-4-8-5-6-9-10(7(2)3)13-14-11(9)12-8/h5-7H,4H2,1-3H3,(H,12,13,14). The Balaban J connectivity index is 2.59. The van der Waals surface area contributed by atoms with Crippen LogP contribution < -0.4 is 0 Å². The van der Waals surface area contributed by atoms with Crippen molar-refractivity contribution in [1.29, 1.82) is 0 Å². The number of aromatic amines is 1. The van der Waals surface area contributed by atoms with Gasteiger partial charge in [0.15, 0.2) is 5.65 Å². The van der Waals surface area contributed by atoms with Gasteiger partial charge in [-0.1, -0.05) is 20.8 Å². The molecule has 2 aromatic rings. The minimum absolute atomic E-state index is 0.443.